The van der Waals surface area contributed by atoms with Crippen molar-refractivity contribution >= 4 is 11.3 Å². The molecule has 1 aromatic carbocycles. The van der Waals surface area contributed by atoms with E-state index >= 15 is 0 Å². The van der Waals surface area contributed by atoms with Gasteiger partial charge in [-0.1, -0.05) is 18.2 Å². The second kappa shape index (κ2) is 6.06. The SMILES string of the molecule is Cc1cccc(C(NC(C)C)c2nc(C)c(C)s2)c1C. The number of aromatic nitrogens is 1. The first-order valence-corrected chi connectivity index (χ1v) is 7.98. The van der Waals surface area contributed by atoms with E-state index in [-0.39, 0.29) is 6.04 Å². The maximum absolute atomic E-state index is 4.77. The third-order valence-electron chi connectivity index (χ3n) is 3.75. The summed E-state index contributed by atoms with van der Waals surface area (Å²) in [5, 5.41) is 4.84. The highest BCUT2D eigenvalue weighted by Crippen LogP contribution is 2.31. The molecule has 1 heterocycles. The van der Waals surface area contributed by atoms with Gasteiger partial charge in [0.15, 0.2) is 0 Å². The number of hydrogen-bond donors (Lipinski definition) is 1. The fourth-order valence-electron chi connectivity index (χ4n) is 2.33. The molecule has 0 fully saturated rings. The first kappa shape index (κ1) is 15.2. The molecule has 1 unspecified atom stereocenters. The Kier molecular flexibility index (Phi) is 4.61. The van der Waals surface area contributed by atoms with Gasteiger partial charge in [0.1, 0.15) is 5.01 Å². The molecule has 1 aromatic heterocycles. The van der Waals surface area contributed by atoms with Crippen molar-refractivity contribution in [3.63, 3.8) is 0 Å². The Balaban J connectivity index is 2.49. The lowest BCUT2D eigenvalue weighted by molar-refractivity contribution is 0.525. The molecule has 0 spiro atoms. The number of aryl methyl sites for hydroxylation is 3. The Labute approximate surface area is 126 Å². The van der Waals surface area contributed by atoms with Gasteiger partial charge in [-0.05, 0) is 58.2 Å². The predicted octanol–water partition coefficient (Wildman–Crippen LogP) is 4.46. The van der Waals surface area contributed by atoms with E-state index in [1.807, 2.05) is 0 Å². The molecule has 20 heavy (non-hydrogen) atoms. The molecule has 2 aromatic rings. The largest absolute Gasteiger partial charge is 0.302 e. The van der Waals surface area contributed by atoms with Crippen LogP contribution in [0.25, 0.3) is 0 Å². The summed E-state index contributed by atoms with van der Waals surface area (Å²) in [5.74, 6) is 0. The molecule has 3 heteroatoms. The van der Waals surface area contributed by atoms with E-state index in [2.05, 4.69) is 65.1 Å². The van der Waals surface area contributed by atoms with Gasteiger partial charge in [0, 0.05) is 10.9 Å². The van der Waals surface area contributed by atoms with Crippen LogP contribution in [0.5, 0.6) is 0 Å². The maximum Gasteiger partial charge on any atom is 0.115 e. The van der Waals surface area contributed by atoms with Crippen molar-refractivity contribution < 1.29 is 0 Å². The summed E-state index contributed by atoms with van der Waals surface area (Å²) in [6, 6.07) is 7.13. The van der Waals surface area contributed by atoms with Crippen molar-refractivity contribution in [1.29, 1.82) is 0 Å². The van der Waals surface area contributed by atoms with E-state index in [4.69, 9.17) is 4.98 Å². The molecule has 2 rings (SSSR count). The number of nitrogens with one attached hydrogen (secondary N) is 1. The van der Waals surface area contributed by atoms with Crippen molar-refractivity contribution in [3.8, 4) is 0 Å². The minimum absolute atomic E-state index is 0.187. The van der Waals surface area contributed by atoms with E-state index in [9.17, 15) is 0 Å². The van der Waals surface area contributed by atoms with E-state index in [0.717, 1.165) is 5.69 Å². The Morgan fingerprint density at radius 1 is 1.10 bits per heavy atom. The van der Waals surface area contributed by atoms with Gasteiger partial charge in [-0.15, -0.1) is 11.3 Å². The van der Waals surface area contributed by atoms with Gasteiger partial charge in [0.25, 0.3) is 0 Å². The topological polar surface area (TPSA) is 24.9 Å². The number of rotatable bonds is 4. The van der Waals surface area contributed by atoms with Gasteiger partial charge in [-0.2, -0.15) is 0 Å². The second-order valence-electron chi connectivity index (χ2n) is 5.74. The van der Waals surface area contributed by atoms with Crippen molar-refractivity contribution in [2.24, 2.45) is 0 Å². The van der Waals surface area contributed by atoms with Crippen LogP contribution < -0.4 is 5.32 Å². The van der Waals surface area contributed by atoms with Gasteiger partial charge in [-0.3, -0.25) is 0 Å². The first-order chi connectivity index (χ1) is 9.40. The molecule has 0 aliphatic heterocycles. The maximum atomic E-state index is 4.77. The molecular weight excluding hydrogens is 264 g/mol. The summed E-state index contributed by atoms with van der Waals surface area (Å²) >= 11 is 1.80. The van der Waals surface area contributed by atoms with E-state index in [1.165, 1.54) is 26.6 Å². The Morgan fingerprint density at radius 2 is 1.80 bits per heavy atom. The molecule has 0 bridgehead atoms. The standard InChI is InChI=1S/C17H24N2S/c1-10(2)18-16(17-19-13(5)14(6)20-17)15-9-7-8-11(3)12(15)4/h7-10,16,18H,1-6H3. The van der Waals surface area contributed by atoms with Crippen LogP contribution in [0, 0.1) is 27.7 Å². The minimum Gasteiger partial charge on any atom is -0.302 e. The molecule has 1 atom stereocenters. The molecule has 0 saturated heterocycles. The van der Waals surface area contributed by atoms with Gasteiger partial charge in [0.2, 0.25) is 0 Å². The monoisotopic (exact) mass is 288 g/mol. The molecule has 0 amide bonds. The van der Waals surface area contributed by atoms with Gasteiger partial charge >= 0.3 is 0 Å². The highest BCUT2D eigenvalue weighted by atomic mass is 32.1. The van der Waals surface area contributed by atoms with Crippen LogP contribution in [0.4, 0.5) is 0 Å². The molecule has 0 aliphatic rings. The number of thiazole rings is 1. The normalized spacial score (nSPS) is 12.9. The van der Waals surface area contributed by atoms with Crippen molar-refractivity contribution in [2.75, 3.05) is 0 Å². The summed E-state index contributed by atoms with van der Waals surface area (Å²) in [6.45, 7) is 13.0. The highest BCUT2D eigenvalue weighted by Gasteiger charge is 2.21. The van der Waals surface area contributed by atoms with E-state index in [1.54, 1.807) is 11.3 Å². The zero-order valence-electron chi connectivity index (χ0n) is 13.2. The van der Waals surface area contributed by atoms with Crippen molar-refractivity contribution in [3.05, 3.63) is 50.5 Å². The second-order valence-corrected chi connectivity index (χ2v) is 6.97. The Morgan fingerprint density at radius 3 is 2.35 bits per heavy atom. The molecule has 0 saturated carbocycles. The first-order valence-electron chi connectivity index (χ1n) is 7.16. The summed E-state index contributed by atoms with van der Waals surface area (Å²) in [6.07, 6.45) is 0. The summed E-state index contributed by atoms with van der Waals surface area (Å²) < 4.78 is 0. The third kappa shape index (κ3) is 3.10. The van der Waals surface area contributed by atoms with Crippen LogP contribution in [0.15, 0.2) is 18.2 Å². The summed E-state index contributed by atoms with van der Waals surface area (Å²) in [4.78, 5) is 6.07. The smallest absolute Gasteiger partial charge is 0.115 e. The van der Waals surface area contributed by atoms with Gasteiger partial charge in [0.05, 0.1) is 11.7 Å². The Bertz CT molecular complexity index is 580. The fraction of sp³-hybridized carbons (Fsp3) is 0.471. The lowest BCUT2D eigenvalue weighted by Crippen LogP contribution is -2.29. The molecule has 0 aliphatic carbocycles. The van der Waals surface area contributed by atoms with Crippen LogP contribution in [0.3, 0.4) is 0 Å². The molecule has 0 radical (unpaired) electrons. The predicted molar refractivity (Wildman–Crippen MR) is 87.6 cm³/mol. The molecule has 1 N–H and O–H groups in total. The van der Waals surface area contributed by atoms with Crippen molar-refractivity contribution in [2.45, 2.75) is 53.6 Å². The quantitative estimate of drug-likeness (QED) is 0.898. The van der Waals surface area contributed by atoms with Crippen LogP contribution in [0.1, 0.15) is 52.2 Å². The average Bonchev–Trinajstić information content (AvgIpc) is 2.70. The number of hydrogen-bond acceptors (Lipinski definition) is 3. The summed E-state index contributed by atoms with van der Waals surface area (Å²) in [5.41, 5.74) is 5.18. The van der Waals surface area contributed by atoms with Gasteiger partial charge in [-0.25, -0.2) is 4.98 Å². The van der Waals surface area contributed by atoms with Gasteiger partial charge < -0.3 is 5.32 Å². The van der Waals surface area contributed by atoms with Crippen LogP contribution in [-0.4, -0.2) is 11.0 Å². The van der Waals surface area contributed by atoms with Crippen molar-refractivity contribution in [1.82, 2.24) is 10.3 Å². The van der Waals surface area contributed by atoms with E-state index in [0.29, 0.717) is 6.04 Å². The summed E-state index contributed by atoms with van der Waals surface area (Å²) in [7, 11) is 0. The third-order valence-corrected chi connectivity index (χ3v) is 4.89. The lowest BCUT2D eigenvalue weighted by Gasteiger charge is -2.22. The minimum atomic E-state index is 0.187. The Hall–Kier alpha value is -1.19. The van der Waals surface area contributed by atoms with E-state index < -0.39 is 0 Å². The fourth-order valence-corrected chi connectivity index (χ4v) is 3.34. The van der Waals surface area contributed by atoms with Crippen LogP contribution in [0.2, 0.25) is 0 Å². The number of benzene rings is 1. The molecule has 2 nitrogen and oxygen atoms in total. The van der Waals surface area contributed by atoms with Crippen LogP contribution >= 0.6 is 11.3 Å². The lowest BCUT2D eigenvalue weighted by atomic mass is 9.97. The number of nitrogens with zero attached hydrogens (tertiary/aromatic N) is 1. The zero-order valence-corrected chi connectivity index (χ0v) is 14.1. The highest BCUT2D eigenvalue weighted by molar-refractivity contribution is 7.11. The molecular formula is C17H24N2S. The zero-order chi connectivity index (χ0) is 14.9. The van der Waals surface area contributed by atoms with Crippen LogP contribution in [-0.2, 0) is 0 Å². The average molecular weight is 288 g/mol. The molecule has 108 valence electrons.